The van der Waals surface area contributed by atoms with E-state index in [4.69, 9.17) is 37.4 Å². The number of aromatic nitrogens is 1. The van der Waals surface area contributed by atoms with Crippen LogP contribution < -0.4 is 19.5 Å². The molecule has 0 saturated heterocycles. The van der Waals surface area contributed by atoms with E-state index in [0.717, 1.165) is 5.75 Å². The summed E-state index contributed by atoms with van der Waals surface area (Å²) < 4.78 is 16.7. The fraction of sp³-hybridized carbons (Fsp3) is 0.143. The molecule has 8 heteroatoms. The number of hydrogen-bond donors (Lipinski definition) is 1. The number of nitrogens with zero attached hydrogens (tertiary/aromatic N) is 1. The maximum Gasteiger partial charge on any atom is 0.255 e. The van der Waals surface area contributed by atoms with Gasteiger partial charge in [-0.1, -0.05) is 41.4 Å². The van der Waals surface area contributed by atoms with Crippen LogP contribution in [0.25, 0.3) is 0 Å². The van der Waals surface area contributed by atoms with Crippen molar-refractivity contribution in [2.24, 2.45) is 0 Å². The quantitative estimate of drug-likeness (QED) is 0.500. The summed E-state index contributed by atoms with van der Waals surface area (Å²) in [4.78, 5) is 16.5. The van der Waals surface area contributed by atoms with Crippen LogP contribution in [0.15, 0.2) is 60.9 Å². The number of methoxy groups -OCH3 is 1. The molecule has 1 N–H and O–H groups in total. The van der Waals surface area contributed by atoms with Crippen molar-refractivity contribution >= 4 is 34.8 Å². The highest BCUT2D eigenvalue weighted by Crippen LogP contribution is 2.31. The zero-order valence-corrected chi connectivity index (χ0v) is 17.0. The number of anilines is 1. The van der Waals surface area contributed by atoms with Crippen LogP contribution in [-0.4, -0.2) is 31.2 Å². The van der Waals surface area contributed by atoms with Crippen LogP contribution >= 0.6 is 23.2 Å². The zero-order chi connectivity index (χ0) is 20.6. The maximum absolute atomic E-state index is 12.6. The molecule has 0 bridgehead atoms. The third-order valence-electron chi connectivity index (χ3n) is 3.87. The molecule has 150 valence electrons. The topological polar surface area (TPSA) is 69.7 Å². The lowest BCUT2D eigenvalue weighted by molar-refractivity contribution is 0.102. The Bertz CT molecular complexity index is 963. The van der Waals surface area contributed by atoms with Crippen LogP contribution in [-0.2, 0) is 0 Å². The number of rotatable bonds is 8. The minimum absolute atomic E-state index is 0.244. The predicted molar refractivity (Wildman–Crippen MR) is 113 cm³/mol. The summed E-state index contributed by atoms with van der Waals surface area (Å²) in [6.45, 7) is 0.615. The number of carbonyl (C=O) groups excluding carboxylic acids is 1. The molecule has 29 heavy (non-hydrogen) atoms. The van der Waals surface area contributed by atoms with Crippen molar-refractivity contribution in [3.05, 3.63) is 76.5 Å². The van der Waals surface area contributed by atoms with E-state index in [1.807, 2.05) is 30.3 Å². The Morgan fingerprint density at radius 2 is 1.66 bits per heavy atom. The summed E-state index contributed by atoms with van der Waals surface area (Å²) in [5, 5.41) is 3.17. The van der Waals surface area contributed by atoms with Crippen molar-refractivity contribution < 1.29 is 19.0 Å². The maximum atomic E-state index is 12.6. The van der Waals surface area contributed by atoms with E-state index >= 15 is 0 Å². The van der Waals surface area contributed by atoms with E-state index in [-0.39, 0.29) is 16.7 Å². The van der Waals surface area contributed by atoms with E-state index in [0.29, 0.717) is 29.4 Å². The number of benzene rings is 2. The molecule has 0 saturated carbocycles. The van der Waals surface area contributed by atoms with E-state index in [1.54, 1.807) is 18.2 Å². The Morgan fingerprint density at radius 1 is 0.966 bits per heavy atom. The Balaban J connectivity index is 1.67. The third kappa shape index (κ3) is 5.53. The van der Waals surface area contributed by atoms with Crippen molar-refractivity contribution in [3.8, 4) is 17.2 Å². The summed E-state index contributed by atoms with van der Waals surface area (Å²) in [5.41, 5.74) is 0.650. The van der Waals surface area contributed by atoms with Gasteiger partial charge in [-0.15, -0.1) is 0 Å². The number of para-hydroxylation sites is 1. The van der Waals surface area contributed by atoms with Gasteiger partial charge in [-0.25, -0.2) is 0 Å². The second-order valence-corrected chi connectivity index (χ2v) is 6.62. The molecule has 0 aliphatic rings. The molecular weight excluding hydrogens is 415 g/mol. The molecule has 0 unspecified atom stereocenters. The minimum atomic E-state index is -0.395. The molecule has 6 nitrogen and oxygen atoms in total. The van der Waals surface area contributed by atoms with Crippen molar-refractivity contribution in [3.63, 3.8) is 0 Å². The lowest BCUT2D eigenvalue weighted by Crippen LogP contribution is -2.14. The van der Waals surface area contributed by atoms with Gasteiger partial charge in [0, 0.05) is 18.0 Å². The number of carbonyl (C=O) groups is 1. The summed E-state index contributed by atoms with van der Waals surface area (Å²) in [5.74, 6) is 1.28. The molecule has 1 aromatic heterocycles. The van der Waals surface area contributed by atoms with Gasteiger partial charge in [-0.05, 0) is 30.3 Å². The van der Waals surface area contributed by atoms with Crippen molar-refractivity contribution in [2.45, 2.75) is 0 Å². The number of nitrogens with one attached hydrogen (secondary N) is 1. The number of hydrogen-bond acceptors (Lipinski definition) is 5. The molecule has 0 aliphatic heterocycles. The average molecular weight is 433 g/mol. The largest absolute Gasteiger partial charge is 0.493 e. The standard InChI is InChI=1S/C21H18Cl2N2O4/c1-27-18-8-7-14(21(26)25-20-16(22)12-24-13-17(20)23)11-19(18)29-10-9-28-15-5-3-2-4-6-15/h2-8,11-13H,9-10H2,1H3,(H,24,25,26). The Labute approximate surface area is 178 Å². The van der Waals surface area contributed by atoms with E-state index < -0.39 is 5.91 Å². The number of ether oxygens (including phenoxy) is 3. The lowest BCUT2D eigenvalue weighted by Gasteiger charge is -2.13. The minimum Gasteiger partial charge on any atom is -0.493 e. The van der Waals surface area contributed by atoms with Crippen LogP contribution in [0.2, 0.25) is 10.0 Å². The summed E-state index contributed by atoms with van der Waals surface area (Å²) in [7, 11) is 1.53. The molecule has 0 radical (unpaired) electrons. The molecule has 0 atom stereocenters. The normalized spacial score (nSPS) is 10.3. The first-order valence-corrected chi connectivity index (χ1v) is 9.43. The van der Waals surface area contributed by atoms with E-state index in [2.05, 4.69) is 10.3 Å². The first-order valence-electron chi connectivity index (χ1n) is 8.67. The fourth-order valence-electron chi connectivity index (χ4n) is 2.48. The first-order chi connectivity index (χ1) is 14.1. The molecule has 3 rings (SSSR count). The molecule has 0 fully saturated rings. The van der Waals surface area contributed by atoms with Crippen molar-refractivity contribution in [2.75, 3.05) is 25.6 Å². The molecule has 1 heterocycles. The monoisotopic (exact) mass is 432 g/mol. The summed E-state index contributed by atoms with van der Waals surface area (Å²) in [6, 6.07) is 14.3. The lowest BCUT2D eigenvalue weighted by atomic mass is 10.2. The van der Waals surface area contributed by atoms with Gasteiger partial charge in [0.15, 0.2) is 11.5 Å². The number of amides is 1. The Kier molecular flexibility index (Phi) is 7.16. The zero-order valence-electron chi connectivity index (χ0n) is 15.5. The van der Waals surface area contributed by atoms with Crippen molar-refractivity contribution in [1.29, 1.82) is 0 Å². The highest BCUT2D eigenvalue weighted by molar-refractivity contribution is 6.39. The second kappa shape index (κ2) is 10.0. The SMILES string of the molecule is COc1ccc(C(=O)Nc2c(Cl)cncc2Cl)cc1OCCOc1ccccc1. The summed E-state index contributed by atoms with van der Waals surface area (Å²) >= 11 is 12.1. The van der Waals surface area contributed by atoms with Crippen LogP contribution in [0.4, 0.5) is 5.69 Å². The average Bonchev–Trinajstić information content (AvgIpc) is 2.74. The van der Waals surface area contributed by atoms with Gasteiger partial charge in [0.25, 0.3) is 5.91 Å². The van der Waals surface area contributed by atoms with Crippen LogP contribution in [0.5, 0.6) is 17.2 Å². The third-order valence-corrected chi connectivity index (χ3v) is 4.44. The number of halogens is 2. The van der Waals surface area contributed by atoms with Gasteiger partial charge < -0.3 is 19.5 Å². The fourth-order valence-corrected chi connectivity index (χ4v) is 2.93. The Morgan fingerprint density at radius 3 is 2.34 bits per heavy atom. The molecule has 1 amide bonds. The van der Waals surface area contributed by atoms with Gasteiger partial charge in [0.05, 0.1) is 22.8 Å². The van der Waals surface area contributed by atoms with Gasteiger partial charge in [0.1, 0.15) is 19.0 Å². The van der Waals surface area contributed by atoms with E-state index in [1.165, 1.54) is 19.5 Å². The number of pyridine rings is 1. The van der Waals surface area contributed by atoms with Crippen LogP contribution in [0.3, 0.4) is 0 Å². The predicted octanol–water partition coefficient (Wildman–Crippen LogP) is 5.11. The highest BCUT2D eigenvalue weighted by atomic mass is 35.5. The van der Waals surface area contributed by atoms with Gasteiger partial charge in [-0.3, -0.25) is 9.78 Å². The smallest absolute Gasteiger partial charge is 0.255 e. The molecular formula is C21H18Cl2N2O4. The second-order valence-electron chi connectivity index (χ2n) is 5.81. The molecule has 2 aromatic carbocycles. The molecule has 3 aromatic rings. The van der Waals surface area contributed by atoms with Crippen LogP contribution in [0.1, 0.15) is 10.4 Å². The van der Waals surface area contributed by atoms with Crippen molar-refractivity contribution in [1.82, 2.24) is 4.98 Å². The molecule has 0 aliphatic carbocycles. The van der Waals surface area contributed by atoms with Gasteiger partial charge in [-0.2, -0.15) is 0 Å². The van der Waals surface area contributed by atoms with Gasteiger partial charge >= 0.3 is 0 Å². The van der Waals surface area contributed by atoms with E-state index in [9.17, 15) is 4.79 Å². The molecule has 0 spiro atoms. The highest BCUT2D eigenvalue weighted by Gasteiger charge is 2.15. The Hall–Kier alpha value is -2.96. The first kappa shape index (κ1) is 20.8. The van der Waals surface area contributed by atoms with Gasteiger partial charge in [0.2, 0.25) is 0 Å². The van der Waals surface area contributed by atoms with Crippen LogP contribution in [0, 0.1) is 0 Å². The summed E-state index contributed by atoms with van der Waals surface area (Å²) in [6.07, 6.45) is 2.80.